The molecule has 0 atom stereocenters. The maximum absolute atomic E-state index is 7.09. The average molecular weight is 703 g/mol. The Morgan fingerprint density at radius 1 is 0.679 bits per heavy atom. The normalized spacial score (nSPS) is 12.9. The van der Waals surface area contributed by atoms with Gasteiger partial charge >= 0.3 is 0 Å². The topological polar surface area (TPSA) is 48.0 Å². The van der Waals surface area contributed by atoms with Gasteiger partial charge in [0.05, 0.1) is 7.05 Å². The van der Waals surface area contributed by atoms with Gasteiger partial charge in [0, 0.05) is 27.5 Å². The molecule has 8 rings (SSSR count). The third kappa shape index (κ3) is 5.59. The van der Waals surface area contributed by atoms with Gasteiger partial charge in [-0.2, -0.15) is 4.57 Å². The van der Waals surface area contributed by atoms with Crippen molar-refractivity contribution >= 4 is 44.1 Å². The monoisotopic (exact) mass is 702 g/mol. The number of hydrogen-bond donors (Lipinski definition) is 0. The van der Waals surface area contributed by atoms with Gasteiger partial charge in [0.25, 0.3) is 5.82 Å². The molecule has 0 radical (unpaired) electrons. The number of aryl methyl sites for hydroxylation is 2. The first kappa shape index (κ1) is 34.9. The summed E-state index contributed by atoms with van der Waals surface area (Å²) >= 11 is 0. The van der Waals surface area contributed by atoms with Gasteiger partial charge in [-0.25, -0.2) is 9.55 Å². The lowest BCUT2D eigenvalue weighted by Crippen LogP contribution is -2.30. The molecule has 8 aromatic rings. The van der Waals surface area contributed by atoms with Crippen LogP contribution >= 0.6 is 0 Å². The predicted octanol–water partition coefficient (Wildman–Crippen LogP) is 13.0. The zero-order valence-electron chi connectivity index (χ0n) is 33.4. The lowest BCUT2D eigenvalue weighted by Gasteiger charge is -2.25. The highest BCUT2D eigenvalue weighted by Crippen LogP contribution is 2.44. The largest absolute Gasteiger partial charge is 0.453 e. The van der Waals surface area contributed by atoms with Crippen LogP contribution in [0.3, 0.4) is 0 Å². The summed E-state index contributed by atoms with van der Waals surface area (Å²) < 4.78 is 18.5. The summed E-state index contributed by atoms with van der Waals surface area (Å²) in [6, 6.07) is 30.9. The van der Waals surface area contributed by atoms with Gasteiger partial charge < -0.3 is 8.83 Å². The second kappa shape index (κ2) is 12.2. The second-order valence-electron chi connectivity index (χ2n) is 17.6. The van der Waals surface area contributed by atoms with Gasteiger partial charge in [0.15, 0.2) is 33.3 Å². The highest BCUT2D eigenvalue weighted by atomic mass is 16.4. The summed E-state index contributed by atoms with van der Waals surface area (Å²) in [5, 5.41) is 2.10. The van der Waals surface area contributed by atoms with E-state index in [1.54, 1.807) is 0 Å². The third-order valence-corrected chi connectivity index (χ3v) is 11.1. The molecule has 3 heterocycles. The third-order valence-electron chi connectivity index (χ3n) is 11.1. The minimum Gasteiger partial charge on any atom is -0.453 e. The minimum absolute atomic E-state index is 0.0213. The molecule has 5 nitrogen and oxygen atoms in total. The second-order valence-corrected chi connectivity index (χ2v) is 17.6. The van der Waals surface area contributed by atoms with Crippen LogP contribution in [0.2, 0.25) is 0 Å². The Labute approximate surface area is 313 Å². The van der Waals surface area contributed by atoms with Crippen molar-refractivity contribution < 1.29 is 13.4 Å². The van der Waals surface area contributed by atoms with Crippen LogP contribution < -0.4 is 4.57 Å². The van der Waals surface area contributed by atoms with Crippen LogP contribution in [0.1, 0.15) is 109 Å². The van der Waals surface area contributed by atoms with Crippen LogP contribution in [0.15, 0.2) is 93.8 Å². The summed E-state index contributed by atoms with van der Waals surface area (Å²) in [4.78, 5) is 5.19. The van der Waals surface area contributed by atoms with Crippen molar-refractivity contribution in [2.45, 2.75) is 98.8 Å². The zero-order chi connectivity index (χ0) is 37.7. The van der Waals surface area contributed by atoms with E-state index in [9.17, 15) is 0 Å². The molecular weight excluding hydrogens is 651 g/mol. The highest BCUT2D eigenvalue weighted by Gasteiger charge is 2.34. The van der Waals surface area contributed by atoms with Crippen LogP contribution in [-0.4, -0.2) is 9.55 Å². The zero-order valence-corrected chi connectivity index (χ0v) is 33.4. The fourth-order valence-corrected chi connectivity index (χ4v) is 8.00. The first-order valence-corrected chi connectivity index (χ1v) is 19.1. The minimum atomic E-state index is -0.0213. The van der Waals surface area contributed by atoms with Crippen LogP contribution in [-0.2, 0) is 17.9 Å². The maximum atomic E-state index is 7.09. The van der Waals surface area contributed by atoms with E-state index in [0.717, 1.165) is 55.6 Å². The lowest BCUT2D eigenvalue weighted by molar-refractivity contribution is -0.633. The van der Waals surface area contributed by atoms with Crippen LogP contribution in [0.25, 0.3) is 72.6 Å². The Kier molecular flexibility index (Phi) is 8.03. The number of nitrogens with zero attached hydrogens (tertiary/aromatic N) is 3. The molecular formula is C48H52N3O2+. The number of rotatable bonds is 5. The molecule has 270 valence electrons. The van der Waals surface area contributed by atoms with Crippen LogP contribution in [0.4, 0.5) is 0 Å². The molecule has 0 aliphatic rings. The summed E-state index contributed by atoms with van der Waals surface area (Å²) in [5.41, 5.74) is 15.0. The van der Waals surface area contributed by atoms with Gasteiger partial charge in [0.1, 0.15) is 11.3 Å². The van der Waals surface area contributed by atoms with Crippen molar-refractivity contribution in [3.8, 4) is 28.5 Å². The molecule has 0 unspecified atom stereocenters. The molecule has 0 saturated carbocycles. The Balaban J connectivity index is 1.42. The average Bonchev–Trinajstić information content (AvgIpc) is 3.79. The van der Waals surface area contributed by atoms with Gasteiger partial charge in [-0.1, -0.05) is 118 Å². The van der Waals surface area contributed by atoms with Crippen molar-refractivity contribution in [1.82, 2.24) is 9.55 Å². The highest BCUT2D eigenvalue weighted by molar-refractivity contribution is 6.16. The van der Waals surface area contributed by atoms with Crippen LogP contribution in [0, 0.1) is 6.92 Å². The molecule has 0 aliphatic carbocycles. The molecule has 0 amide bonds. The molecule has 53 heavy (non-hydrogen) atoms. The summed E-state index contributed by atoms with van der Waals surface area (Å²) in [6.07, 6.45) is 0. The molecule has 0 bridgehead atoms. The number of imidazole rings is 1. The van der Waals surface area contributed by atoms with E-state index >= 15 is 0 Å². The number of hydrogen-bond acceptors (Lipinski definition) is 3. The van der Waals surface area contributed by atoms with E-state index in [1.165, 1.54) is 39.0 Å². The van der Waals surface area contributed by atoms with E-state index in [1.807, 2.05) is 6.07 Å². The van der Waals surface area contributed by atoms with Crippen molar-refractivity contribution in [1.29, 1.82) is 0 Å². The predicted molar refractivity (Wildman–Crippen MR) is 220 cm³/mol. The first-order chi connectivity index (χ1) is 25.0. The van der Waals surface area contributed by atoms with Gasteiger partial charge in [-0.05, 0) is 82.7 Å². The number of fused-ring (bicyclic) bond motifs is 6. The SMILES string of the molecule is Cc1ccc2c(oc3c2ccc2oc(-c4cc(C(C)(C)C)cc(C(C)(C)C)c4)nc23)c1-c1n(-c2c(C(C)C)cccc2C(C)C)c2ccccc2[n+]1C. The van der Waals surface area contributed by atoms with Crippen molar-refractivity contribution in [3.05, 3.63) is 113 Å². The molecule has 5 heteroatoms. The number of aromatic nitrogens is 3. The number of oxazole rings is 1. The molecule has 5 aromatic carbocycles. The Morgan fingerprint density at radius 2 is 1.28 bits per heavy atom. The molecule has 0 fully saturated rings. The summed E-state index contributed by atoms with van der Waals surface area (Å²) in [6.45, 7) is 24.9. The standard InChI is InChI=1S/C48H52N3O2/c1-27(2)33-16-15-17-34(28(3)4)42(33)51-38-19-14-13-18-37(38)50(12)46(51)40-29(5)20-21-35-36-22-23-39-41(44(36)53-43(35)40)49-45(52-39)30-24-31(47(6,7)8)26-32(25-30)48(9,10)11/h13-28H,1-12H3/q+1. The maximum Gasteiger partial charge on any atom is 0.299 e. The summed E-state index contributed by atoms with van der Waals surface area (Å²) in [7, 11) is 2.18. The lowest BCUT2D eigenvalue weighted by atomic mass is 9.79. The fraction of sp³-hybridized carbons (Fsp3) is 0.333. The molecule has 0 aliphatic heterocycles. The number of para-hydroxylation sites is 3. The summed E-state index contributed by atoms with van der Waals surface area (Å²) in [5.74, 6) is 2.38. The fourth-order valence-electron chi connectivity index (χ4n) is 8.00. The van der Waals surface area contributed by atoms with E-state index < -0.39 is 0 Å². The molecule has 0 spiro atoms. The quantitative estimate of drug-likeness (QED) is 0.168. The van der Waals surface area contributed by atoms with E-state index in [0.29, 0.717) is 17.7 Å². The number of benzene rings is 5. The molecule has 0 saturated heterocycles. The van der Waals surface area contributed by atoms with Crippen LogP contribution in [0.5, 0.6) is 0 Å². The van der Waals surface area contributed by atoms with E-state index in [2.05, 4.69) is 171 Å². The van der Waals surface area contributed by atoms with E-state index in [4.69, 9.17) is 13.8 Å². The van der Waals surface area contributed by atoms with E-state index in [-0.39, 0.29) is 10.8 Å². The number of furan rings is 1. The van der Waals surface area contributed by atoms with Crippen molar-refractivity contribution in [3.63, 3.8) is 0 Å². The smallest absolute Gasteiger partial charge is 0.299 e. The Bertz CT molecular complexity index is 2660. The molecule has 3 aromatic heterocycles. The first-order valence-electron chi connectivity index (χ1n) is 19.1. The van der Waals surface area contributed by atoms with Gasteiger partial charge in [0.2, 0.25) is 5.89 Å². The van der Waals surface area contributed by atoms with Gasteiger partial charge in [-0.3, -0.25) is 0 Å². The Hall–Kier alpha value is -5.16. The Morgan fingerprint density at radius 3 is 1.91 bits per heavy atom. The van der Waals surface area contributed by atoms with Gasteiger partial charge in [-0.15, -0.1) is 0 Å². The van der Waals surface area contributed by atoms with Crippen molar-refractivity contribution in [2.75, 3.05) is 0 Å². The van der Waals surface area contributed by atoms with Crippen molar-refractivity contribution in [2.24, 2.45) is 7.05 Å². The molecule has 0 N–H and O–H groups in total.